The second kappa shape index (κ2) is 9.72. The van der Waals surface area contributed by atoms with Crippen molar-refractivity contribution in [2.75, 3.05) is 24.5 Å². The summed E-state index contributed by atoms with van der Waals surface area (Å²) in [5, 5.41) is 3.21. The average molecular weight is 454 g/mol. The van der Waals surface area contributed by atoms with Crippen molar-refractivity contribution < 1.29 is 9.59 Å². The van der Waals surface area contributed by atoms with Gasteiger partial charge in [-0.3, -0.25) is 9.59 Å². The molecule has 0 aromatic heterocycles. The number of carbonyl (C=O) groups is 2. The first-order chi connectivity index (χ1) is 16.6. The number of fused-ring (bicyclic) bond motifs is 1. The minimum Gasteiger partial charge on any atom is -0.371 e. The molecular formula is C29H31N3O2. The molecule has 0 saturated carbocycles. The molecule has 2 heterocycles. The first kappa shape index (κ1) is 22.2. The number of nitrogens with one attached hydrogen (secondary N) is 1. The third kappa shape index (κ3) is 4.56. The number of piperidine rings is 1. The molecule has 3 aromatic carbocycles. The van der Waals surface area contributed by atoms with Crippen LogP contribution in [-0.2, 0) is 13.0 Å². The van der Waals surface area contributed by atoms with Crippen molar-refractivity contribution in [2.45, 2.75) is 38.8 Å². The summed E-state index contributed by atoms with van der Waals surface area (Å²) in [5.41, 5.74) is 6.08. The van der Waals surface area contributed by atoms with Gasteiger partial charge in [-0.15, -0.1) is 0 Å². The number of aryl methyl sites for hydroxylation is 1. The van der Waals surface area contributed by atoms with E-state index in [1.807, 2.05) is 60.4 Å². The van der Waals surface area contributed by atoms with Gasteiger partial charge in [0.1, 0.15) is 0 Å². The SMILES string of the molecule is Cc1ccccc1C(=O)NC1CCN(c2ccccc2C(=O)N2CCc3ccccc3C2)CC1. The number of rotatable bonds is 4. The largest absolute Gasteiger partial charge is 0.371 e. The quantitative estimate of drug-likeness (QED) is 0.629. The topological polar surface area (TPSA) is 52.7 Å². The second-order valence-corrected chi connectivity index (χ2v) is 9.31. The molecule has 0 atom stereocenters. The van der Waals surface area contributed by atoms with Gasteiger partial charge in [0.15, 0.2) is 0 Å². The predicted molar refractivity (Wildman–Crippen MR) is 135 cm³/mol. The van der Waals surface area contributed by atoms with Crippen molar-refractivity contribution in [1.82, 2.24) is 10.2 Å². The number of nitrogens with zero attached hydrogens (tertiary/aromatic N) is 2. The van der Waals surface area contributed by atoms with E-state index in [1.165, 1.54) is 11.1 Å². The molecule has 1 fully saturated rings. The molecule has 5 rings (SSSR count). The Morgan fingerprint density at radius 3 is 2.21 bits per heavy atom. The Labute approximate surface area is 201 Å². The van der Waals surface area contributed by atoms with Crippen LogP contribution in [0.3, 0.4) is 0 Å². The molecule has 5 nitrogen and oxygen atoms in total. The predicted octanol–water partition coefficient (Wildman–Crippen LogP) is 4.59. The van der Waals surface area contributed by atoms with E-state index in [4.69, 9.17) is 0 Å². The van der Waals surface area contributed by atoms with Crippen LogP contribution >= 0.6 is 0 Å². The van der Waals surface area contributed by atoms with Gasteiger partial charge in [-0.1, -0.05) is 54.6 Å². The molecule has 2 aliphatic rings. The molecule has 1 N–H and O–H groups in total. The molecule has 174 valence electrons. The monoisotopic (exact) mass is 453 g/mol. The molecule has 0 spiro atoms. The highest BCUT2D eigenvalue weighted by Gasteiger charge is 2.27. The zero-order valence-electron chi connectivity index (χ0n) is 19.7. The third-order valence-electron chi connectivity index (χ3n) is 7.11. The number of para-hydroxylation sites is 1. The lowest BCUT2D eigenvalue weighted by molar-refractivity contribution is 0.0735. The van der Waals surface area contributed by atoms with Gasteiger partial charge >= 0.3 is 0 Å². The number of hydrogen-bond donors (Lipinski definition) is 1. The van der Waals surface area contributed by atoms with Gasteiger partial charge in [0, 0.05) is 43.5 Å². The normalized spacial score (nSPS) is 16.1. The maximum absolute atomic E-state index is 13.5. The first-order valence-corrected chi connectivity index (χ1v) is 12.2. The zero-order valence-corrected chi connectivity index (χ0v) is 19.7. The van der Waals surface area contributed by atoms with Crippen LogP contribution in [0.4, 0.5) is 5.69 Å². The van der Waals surface area contributed by atoms with Gasteiger partial charge in [0.25, 0.3) is 11.8 Å². The number of hydrogen-bond acceptors (Lipinski definition) is 3. The highest BCUT2D eigenvalue weighted by Crippen LogP contribution is 2.28. The van der Waals surface area contributed by atoms with Gasteiger partial charge in [0.2, 0.25) is 0 Å². The fraction of sp³-hybridized carbons (Fsp3) is 0.310. The summed E-state index contributed by atoms with van der Waals surface area (Å²) in [6.07, 6.45) is 2.62. The minimum absolute atomic E-state index is 0.00231. The summed E-state index contributed by atoms with van der Waals surface area (Å²) < 4.78 is 0. The lowest BCUT2D eigenvalue weighted by atomic mass is 9.98. The van der Waals surface area contributed by atoms with Crippen LogP contribution in [-0.4, -0.2) is 42.4 Å². The Bertz CT molecular complexity index is 1200. The number of amides is 2. The lowest BCUT2D eigenvalue weighted by Crippen LogP contribution is -2.45. The van der Waals surface area contributed by atoms with Gasteiger partial charge in [-0.25, -0.2) is 0 Å². The molecule has 0 radical (unpaired) electrons. The molecule has 34 heavy (non-hydrogen) atoms. The maximum Gasteiger partial charge on any atom is 0.256 e. The smallest absolute Gasteiger partial charge is 0.256 e. The summed E-state index contributed by atoms with van der Waals surface area (Å²) >= 11 is 0. The third-order valence-corrected chi connectivity index (χ3v) is 7.11. The van der Waals surface area contributed by atoms with Crippen molar-refractivity contribution in [1.29, 1.82) is 0 Å². The van der Waals surface area contributed by atoms with Crippen molar-refractivity contribution in [3.63, 3.8) is 0 Å². The molecule has 1 saturated heterocycles. The molecule has 0 bridgehead atoms. The second-order valence-electron chi connectivity index (χ2n) is 9.31. The van der Waals surface area contributed by atoms with Crippen LogP contribution in [0, 0.1) is 6.92 Å². The van der Waals surface area contributed by atoms with E-state index >= 15 is 0 Å². The van der Waals surface area contributed by atoms with Crippen molar-refractivity contribution in [2.24, 2.45) is 0 Å². The van der Waals surface area contributed by atoms with Crippen molar-refractivity contribution in [3.05, 3.63) is 101 Å². The van der Waals surface area contributed by atoms with Gasteiger partial charge in [0.05, 0.1) is 5.56 Å². The summed E-state index contributed by atoms with van der Waals surface area (Å²) in [6.45, 7) is 5.00. The minimum atomic E-state index is -0.00231. The highest BCUT2D eigenvalue weighted by molar-refractivity contribution is 6.00. The van der Waals surface area contributed by atoms with Crippen molar-refractivity contribution >= 4 is 17.5 Å². The summed E-state index contributed by atoms with van der Waals surface area (Å²) in [7, 11) is 0. The number of benzene rings is 3. The lowest BCUT2D eigenvalue weighted by Gasteiger charge is -2.36. The summed E-state index contributed by atoms with van der Waals surface area (Å²) in [5.74, 6) is 0.0950. The van der Waals surface area contributed by atoms with Crippen LogP contribution in [0.1, 0.15) is 50.2 Å². The van der Waals surface area contributed by atoms with Gasteiger partial charge in [-0.2, -0.15) is 0 Å². The number of anilines is 1. The van der Waals surface area contributed by atoms with E-state index < -0.39 is 0 Å². The molecule has 3 aromatic rings. The fourth-order valence-corrected chi connectivity index (χ4v) is 5.13. The Hall–Kier alpha value is -3.60. The Morgan fingerprint density at radius 1 is 0.794 bits per heavy atom. The average Bonchev–Trinajstić information content (AvgIpc) is 2.88. The van der Waals surface area contributed by atoms with Crippen LogP contribution < -0.4 is 10.2 Å². The molecule has 0 unspecified atom stereocenters. The van der Waals surface area contributed by atoms with E-state index in [1.54, 1.807) is 0 Å². The van der Waals surface area contributed by atoms with Crippen LogP contribution in [0.25, 0.3) is 0 Å². The van der Waals surface area contributed by atoms with Crippen LogP contribution in [0.15, 0.2) is 72.8 Å². The van der Waals surface area contributed by atoms with E-state index in [9.17, 15) is 9.59 Å². The highest BCUT2D eigenvalue weighted by atomic mass is 16.2. The maximum atomic E-state index is 13.5. The van der Waals surface area contributed by atoms with E-state index in [-0.39, 0.29) is 17.9 Å². The Morgan fingerprint density at radius 2 is 1.44 bits per heavy atom. The molecule has 2 amide bonds. The standard InChI is InChI=1S/C29H31N3O2/c1-21-8-2-5-11-25(21)28(33)30-24-15-18-31(19-16-24)27-13-7-6-12-26(27)29(34)32-17-14-22-9-3-4-10-23(22)20-32/h2-13,24H,14-20H2,1H3,(H,30,33). The Kier molecular flexibility index (Phi) is 6.35. The van der Waals surface area contributed by atoms with Gasteiger partial charge < -0.3 is 15.1 Å². The molecule has 2 aliphatic heterocycles. The fourth-order valence-electron chi connectivity index (χ4n) is 5.13. The zero-order chi connectivity index (χ0) is 23.5. The summed E-state index contributed by atoms with van der Waals surface area (Å²) in [4.78, 5) is 30.5. The Balaban J connectivity index is 1.24. The summed E-state index contributed by atoms with van der Waals surface area (Å²) in [6, 6.07) is 24.2. The molecular weight excluding hydrogens is 422 g/mol. The van der Waals surface area contributed by atoms with E-state index in [0.29, 0.717) is 6.54 Å². The first-order valence-electron chi connectivity index (χ1n) is 12.2. The molecule has 0 aliphatic carbocycles. The van der Waals surface area contributed by atoms with Gasteiger partial charge in [-0.05, 0) is 61.1 Å². The van der Waals surface area contributed by atoms with Crippen LogP contribution in [0.2, 0.25) is 0 Å². The van der Waals surface area contributed by atoms with E-state index in [2.05, 4.69) is 34.5 Å². The number of carbonyl (C=O) groups excluding carboxylic acids is 2. The van der Waals surface area contributed by atoms with E-state index in [0.717, 1.165) is 61.3 Å². The van der Waals surface area contributed by atoms with Crippen LogP contribution in [0.5, 0.6) is 0 Å². The molecule has 5 heteroatoms. The van der Waals surface area contributed by atoms with Crippen molar-refractivity contribution in [3.8, 4) is 0 Å².